The average molecular weight is 304 g/mol. The molecule has 1 amide bonds. The normalized spacial score (nSPS) is 11.4. The third kappa shape index (κ3) is 15.7. The second-order valence-electron chi connectivity index (χ2n) is 6.33. The average Bonchev–Trinajstić information content (AvgIpc) is 2.34. The monoisotopic (exact) mass is 303 g/mol. The van der Waals surface area contributed by atoms with Crippen molar-refractivity contribution >= 4 is 18.7 Å². The highest BCUT2D eigenvalue weighted by Crippen LogP contribution is 2.10. The molecule has 0 radical (unpaired) electrons. The summed E-state index contributed by atoms with van der Waals surface area (Å²) in [7, 11) is 0. The standard InChI is InChI=1S/C16H33NO2S/c1-16(2,3)19-15(18)17-13-11-9-7-5-4-6-8-10-12-14-20/h20H,4-14H2,1-3H3,(H,17,18). The maximum absolute atomic E-state index is 11.4. The van der Waals surface area contributed by atoms with Crippen LogP contribution in [0.2, 0.25) is 0 Å². The number of amides is 1. The first-order valence-corrected chi connectivity index (χ1v) is 8.66. The number of alkyl carbamates (subject to hydrolysis) is 1. The fraction of sp³-hybridized carbons (Fsp3) is 0.938. The number of ether oxygens (including phenoxy) is 1. The summed E-state index contributed by atoms with van der Waals surface area (Å²) >= 11 is 4.21. The molecule has 0 fully saturated rings. The molecule has 0 saturated heterocycles. The zero-order valence-corrected chi connectivity index (χ0v) is 14.4. The van der Waals surface area contributed by atoms with Crippen LogP contribution in [0.15, 0.2) is 0 Å². The summed E-state index contributed by atoms with van der Waals surface area (Å²) in [5.74, 6) is 1.02. The Morgan fingerprint density at radius 1 is 0.900 bits per heavy atom. The molecule has 120 valence electrons. The summed E-state index contributed by atoms with van der Waals surface area (Å²) in [6.07, 6.45) is 11.1. The molecular formula is C16H33NO2S. The van der Waals surface area contributed by atoms with Gasteiger partial charge in [0.25, 0.3) is 0 Å². The van der Waals surface area contributed by atoms with Crippen molar-refractivity contribution in [2.24, 2.45) is 0 Å². The zero-order valence-electron chi connectivity index (χ0n) is 13.5. The lowest BCUT2D eigenvalue weighted by Gasteiger charge is -2.19. The Balaban J connectivity index is 3.19. The maximum Gasteiger partial charge on any atom is 0.407 e. The van der Waals surface area contributed by atoms with Gasteiger partial charge in [-0.3, -0.25) is 0 Å². The van der Waals surface area contributed by atoms with Gasteiger partial charge >= 0.3 is 6.09 Å². The van der Waals surface area contributed by atoms with E-state index in [1.54, 1.807) is 0 Å². The largest absolute Gasteiger partial charge is 0.444 e. The number of hydrogen-bond acceptors (Lipinski definition) is 3. The van der Waals surface area contributed by atoms with E-state index in [4.69, 9.17) is 4.74 Å². The highest BCUT2D eigenvalue weighted by Gasteiger charge is 2.15. The second-order valence-corrected chi connectivity index (χ2v) is 6.78. The van der Waals surface area contributed by atoms with E-state index in [9.17, 15) is 4.79 Å². The van der Waals surface area contributed by atoms with Crippen LogP contribution in [0.1, 0.15) is 78.6 Å². The summed E-state index contributed by atoms with van der Waals surface area (Å²) < 4.78 is 5.17. The van der Waals surface area contributed by atoms with E-state index in [0.717, 1.165) is 18.7 Å². The minimum atomic E-state index is -0.406. The van der Waals surface area contributed by atoms with Gasteiger partial charge in [0.05, 0.1) is 0 Å². The van der Waals surface area contributed by atoms with Crippen LogP contribution in [0.5, 0.6) is 0 Å². The zero-order chi connectivity index (χ0) is 15.3. The van der Waals surface area contributed by atoms with Crippen LogP contribution < -0.4 is 5.32 Å². The van der Waals surface area contributed by atoms with Crippen LogP contribution in [0.3, 0.4) is 0 Å². The van der Waals surface area contributed by atoms with Crippen molar-refractivity contribution in [1.29, 1.82) is 0 Å². The van der Waals surface area contributed by atoms with Gasteiger partial charge in [-0.05, 0) is 39.4 Å². The van der Waals surface area contributed by atoms with Gasteiger partial charge in [-0.2, -0.15) is 12.6 Å². The summed E-state index contributed by atoms with van der Waals surface area (Å²) in [5.41, 5.74) is -0.406. The van der Waals surface area contributed by atoms with Gasteiger partial charge in [0.15, 0.2) is 0 Å². The summed E-state index contributed by atoms with van der Waals surface area (Å²) in [4.78, 5) is 11.4. The van der Waals surface area contributed by atoms with Crippen molar-refractivity contribution in [2.45, 2.75) is 84.2 Å². The number of carbonyl (C=O) groups is 1. The molecule has 0 unspecified atom stereocenters. The lowest BCUT2D eigenvalue weighted by molar-refractivity contribution is 0.0527. The molecule has 0 aromatic rings. The number of thiol groups is 1. The number of carbonyl (C=O) groups excluding carboxylic acids is 1. The molecule has 20 heavy (non-hydrogen) atoms. The highest BCUT2D eigenvalue weighted by atomic mass is 32.1. The third-order valence-electron chi connectivity index (χ3n) is 3.00. The first-order valence-electron chi connectivity index (χ1n) is 8.03. The van der Waals surface area contributed by atoms with Gasteiger partial charge in [-0.15, -0.1) is 0 Å². The van der Waals surface area contributed by atoms with E-state index < -0.39 is 5.60 Å². The quantitative estimate of drug-likeness (QED) is 0.418. The van der Waals surface area contributed by atoms with Crippen molar-refractivity contribution in [3.05, 3.63) is 0 Å². The van der Waals surface area contributed by atoms with Crippen LogP contribution in [-0.2, 0) is 4.74 Å². The molecule has 0 heterocycles. The minimum Gasteiger partial charge on any atom is -0.444 e. The molecule has 0 aromatic heterocycles. The minimum absolute atomic E-state index is 0.304. The predicted octanol–water partition coefficient (Wildman–Crippen LogP) is 4.95. The van der Waals surface area contributed by atoms with Crippen molar-refractivity contribution in [3.63, 3.8) is 0 Å². The fourth-order valence-corrected chi connectivity index (χ4v) is 2.20. The first kappa shape index (κ1) is 19.6. The molecule has 1 N–H and O–H groups in total. The Bertz CT molecular complexity index is 239. The van der Waals surface area contributed by atoms with Gasteiger partial charge in [-0.25, -0.2) is 4.79 Å². The van der Waals surface area contributed by atoms with E-state index in [1.807, 2.05) is 20.8 Å². The third-order valence-corrected chi connectivity index (χ3v) is 3.32. The van der Waals surface area contributed by atoms with E-state index in [0.29, 0.717) is 0 Å². The summed E-state index contributed by atoms with van der Waals surface area (Å²) in [6.45, 7) is 6.35. The van der Waals surface area contributed by atoms with Gasteiger partial charge in [0.1, 0.15) is 5.60 Å². The van der Waals surface area contributed by atoms with Gasteiger partial charge in [0, 0.05) is 6.54 Å². The van der Waals surface area contributed by atoms with Crippen LogP contribution in [0, 0.1) is 0 Å². The second kappa shape index (κ2) is 12.4. The summed E-state index contributed by atoms with van der Waals surface area (Å²) in [6, 6.07) is 0. The molecule has 0 spiro atoms. The Hall–Kier alpha value is -0.380. The SMILES string of the molecule is CC(C)(C)OC(=O)NCCCCCCCCCCCS. The molecule has 4 heteroatoms. The van der Waals surface area contributed by atoms with Crippen molar-refractivity contribution in [1.82, 2.24) is 5.32 Å². The predicted molar refractivity (Wildman–Crippen MR) is 89.6 cm³/mol. The maximum atomic E-state index is 11.4. The molecule has 0 aromatic carbocycles. The Labute approximate surface area is 130 Å². The van der Waals surface area contributed by atoms with E-state index in [2.05, 4.69) is 17.9 Å². The van der Waals surface area contributed by atoms with Crippen molar-refractivity contribution < 1.29 is 9.53 Å². The molecule has 0 aliphatic heterocycles. The van der Waals surface area contributed by atoms with Crippen molar-refractivity contribution in [2.75, 3.05) is 12.3 Å². The summed E-state index contributed by atoms with van der Waals surface area (Å²) in [5, 5.41) is 2.80. The molecule has 0 saturated carbocycles. The van der Waals surface area contributed by atoms with Gasteiger partial charge in [0.2, 0.25) is 0 Å². The van der Waals surface area contributed by atoms with Crippen LogP contribution >= 0.6 is 12.6 Å². The number of rotatable bonds is 11. The lowest BCUT2D eigenvalue weighted by atomic mass is 10.1. The van der Waals surface area contributed by atoms with Crippen LogP contribution in [0.25, 0.3) is 0 Å². The molecular weight excluding hydrogens is 270 g/mol. The number of unbranched alkanes of at least 4 members (excludes halogenated alkanes) is 8. The van der Waals surface area contributed by atoms with Gasteiger partial charge in [-0.1, -0.05) is 44.9 Å². The number of nitrogens with one attached hydrogen (secondary N) is 1. The van der Waals surface area contributed by atoms with E-state index in [-0.39, 0.29) is 6.09 Å². The first-order chi connectivity index (χ1) is 9.45. The molecule has 0 rings (SSSR count). The highest BCUT2D eigenvalue weighted by molar-refractivity contribution is 7.80. The molecule has 0 bridgehead atoms. The van der Waals surface area contributed by atoms with Crippen LogP contribution in [-0.4, -0.2) is 24.0 Å². The Kier molecular flexibility index (Phi) is 12.1. The molecule has 0 aliphatic carbocycles. The Morgan fingerprint density at radius 3 is 1.80 bits per heavy atom. The van der Waals surface area contributed by atoms with Gasteiger partial charge < -0.3 is 10.1 Å². The lowest BCUT2D eigenvalue weighted by Crippen LogP contribution is -2.32. The molecule has 0 aliphatic rings. The van der Waals surface area contributed by atoms with Crippen molar-refractivity contribution in [3.8, 4) is 0 Å². The fourth-order valence-electron chi connectivity index (χ4n) is 1.98. The van der Waals surface area contributed by atoms with Crippen LogP contribution in [0.4, 0.5) is 4.79 Å². The smallest absolute Gasteiger partial charge is 0.407 e. The number of hydrogen-bond donors (Lipinski definition) is 2. The molecule has 0 atom stereocenters. The topological polar surface area (TPSA) is 38.3 Å². The van der Waals surface area contributed by atoms with E-state index in [1.165, 1.54) is 51.4 Å². The molecule has 3 nitrogen and oxygen atoms in total. The Morgan fingerprint density at radius 2 is 1.35 bits per heavy atom. The van der Waals surface area contributed by atoms with E-state index >= 15 is 0 Å².